The monoisotopic (exact) mass is 228 g/mol. The van der Waals surface area contributed by atoms with E-state index in [9.17, 15) is 0 Å². The number of nitrogen functional groups attached to an aromatic ring is 1. The highest BCUT2D eigenvalue weighted by Gasteiger charge is 2.23. The van der Waals surface area contributed by atoms with Gasteiger partial charge >= 0.3 is 0 Å². The first-order valence-corrected chi connectivity index (χ1v) is 6.03. The Morgan fingerprint density at radius 3 is 2.88 bits per heavy atom. The van der Waals surface area contributed by atoms with Gasteiger partial charge in [0.05, 0.1) is 0 Å². The number of nitrogens with two attached hydrogens (primary N) is 1. The Morgan fingerprint density at radius 1 is 1.35 bits per heavy atom. The first kappa shape index (κ1) is 10.3. The van der Waals surface area contributed by atoms with E-state index in [0.29, 0.717) is 11.7 Å². The number of hydrogen-bond acceptors (Lipinski definition) is 3. The first-order chi connectivity index (χ1) is 8.25. The molecule has 0 saturated heterocycles. The number of benzene rings is 1. The summed E-state index contributed by atoms with van der Waals surface area (Å²) in [7, 11) is 0. The van der Waals surface area contributed by atoms with Crippen molar-refractivity contribution in [2.45, 2.75) is 32.1 Å². The molecule has 3 rings (SSSR count). The Balaban J connectivity index is 1.97. The number of nitrogens with one attached hydrogen (secondary N) is 1. The number of H-pyrrole nitrogens is 1. The summed E-state index contributed by atoms with van der Waals surface area (Å²) in [6.45, 7) is 2.00. The zero-order valence-corrected chi connectivity index (χ0v) is 9.90. The molecule has 0 spiro atoms. The van der Waals surface area contributed by atoms with Crippen molar-refractivity contribution in [3.63, 3.8) is 0 Å². The van der Waals surface area contributed by atoms with Crippen molar-refractivity contribution < 1.29 is 0 Å². The fourth-order valence-electron chi connectivity index (χ4n) is 2.13. The number of anilines is 1. The van der Waals surface area contributed by atoms with Gasteiger partial charge in [-0.2, -0.15) is 5.10 Å². The lowest BCUT2D eigenvalue weighted by Crippen LogP contribution is -2.10. The summed E-state index contributed by atoms with van der Waals surface area (Å²) in [6.07, 6.45) is 3.74. The predicted molar refractivity (Wildman–Crippen MR) is 67.6 cm³/mol. The van der Waals surface area contributed by atoms with Crippen LogP contribution in [0.4, 0.5) is 5.69 Å². The number of hydrogen-bond donors (Lipinski definition) is 2. The van der Waals surface area contributed by atoms with E-state index >= 15 is 0 Å². The molecule has 1 heterocycles. The molecule has 0 unspecified atom stereocenters. The Labute approximate surface area is 100 Å². The normalized spacial score (nSPS) is 15.8. The molecule has 0 atom stereocenters. The molecule has 1 saturated carbocycles. The van der Waals surface area contributed by atoms with Gasteiger partial charge in [0.1, 0.15) is 5.82 Å². The van der Waals surface area contributed by atoms with Gasteiger partial charge in [0, 0.05) is 17.2 Å². The molecule has 0 radical (unpaired) electrons. The third-order valence-electron chi connectivity index (χ3n) is 3.56. The van der Waals surface area contributed by atoms with Crippen molar-refractivity contribution in [1.82, 2.24) is 15.2 Å². The van der Waals surface area contributed by atoms with Gasteiger partial charge in [-0.25, -0.2) is 4.98 Å². The zero-order chi connectivity index (χ0) is 11.8. The number of aromatic nitrogens is 3. The molecule has 3 N–H and O–H groups in total. The summed E-state index contributed by atoms with van der Waals surface area (Å²) in [5, 5.41) is 7.31. The summed E-state index contributed by atoms with van der Waals surface area (Å²) < 4.78 is 0. The van der Waals surface area contributed by atoms with Crippen molar-refractivity contribution >= 4 is 5.69 Å². The summed E-state index contributed by atoms with van der Waals surface area (Å²) in [6, 6.07) is 5.95. The van der Waals surface area contributed by atoms with Gasteiger partial charge in [-0.15, -0.1) is 0 Å². The third-order valence-corrected chi connectivity index (χ3v) is 3.56. The van der Waals surface area contributed by atoms with E-state index in [0.717, 1.165) is 22.6 Å². The zero-order valence-electron chi connectivity index (χ0n) is 9.90. The second kappa shape index (κ2) is 3.87. The van der Waals surface area contributed by atoms with Crippen LogP contribution in [0.5, 0.6) is 0 Å². The average Bonchev–Trinajstić information content (AvgIpc) is 2.68. The third kappa shape index (κ3) is 1.69. The van der Waals surface area contributed by atoms with Gasteiger partial charge < -0.3 is 5.73 Å². The lowest BCUT2D eigenvalue weighted by Gasteiger charge is -2.22. The van der Waals surface area contributed by atoms with E-state index < -0.39 is 0 Å². The molecule has 1 aromatic heterocycles. The van der Waals surface area contributed by atoms with Gasteiger partial charge in [-0.3, -0.25) is 5.10 Å². The minimum Gasteiger partial charge on any atom is -0.398 e. The maximum atomic E-state index is 6.05. The predicted octanol–water partition coefficient (Wildman–Crippen LogP) is 2.63. The number of nitrogens with zero attached hydrogens (tertiary/aromatic N) is 2. The van der Waals surface area contributed by atoms with Crippen LogP contribution in [0.15, 0.2) is 18.2 Å². The molecular weight excluding hydrogens is 212 g/mol. The van der Waals surface area contributed by atoms with Crippen LogP contribution in [0.2, 0.25) is 0 Å². The molecule has 2 aromatic rings. The highest BCUT2D eigenvalue weighted by Crippen LogP contribution is 2.35. The van der Waals surface area contributed by atoms with Crippen molar-refractivity contribution in [3.05, 3.63) is 29.6 Å². The van der Waals surface area contributed by atoms with E-state index in [1.165, 1.54) is 19.3 Å². The average molecular weight is 228 g/mol. The maximum absolute atomic E-state index is 6.05. The molecule has 0 amide bonds. The second-order valence-corrected chi connectivity index (χ2v) is 4.71. The van der Waals surface area contributed by atoms with Gasteiger partial charge in [-0.1, -0.05) is 18.6 Å². The molecule has 1 aromatic carbocycles. The van der Waals surface area contributed by atoms with E-state index in [1.807, 2.05) is 25.1 Å². The highest BCUT2D eigenvalue weighted by molar-refractivity contribution is 5.73. The molecular formula is C13H16N4. The smallest absolute Gasteiger partial charge is 0.183 e. The molecule has 88 valence electrons. The lowest BCUT2D eigenvalue weighted by atomic mass is 9.85. The van der Waals surface area contributed by atoms with E-state index in [1.54, 1.807) is 0 Å². The van der Waals surface area contributed by atoms with Crippen LogP contribution >= 0.6 is 0 Å². The Hall–Kier alpha value is -1.84. The molecule has 0 bridgehead atoms. The topological polar surface area (TPSA) is 67.6 Å². The number of aromatic amines is 1. The van der Waals surface area contributed by atoms with E-state index in [4.69, 9.17) is 5.73 Å². The van der Waals surface area contributed by atoms with Crippen LogP contribution < -0.4 is 5.73 Å². The van der Waals surface area contributed by atoms with Gasteiger partial charge in [0.15, 0.2) is 5.82 Å². The van der Waals surface area contributed by atoms with Crippen molar-refractivity contribution in [2.75, 3.05) is 5.73 Å². The van der Waals surface area contributed by atoms with E-state index in [2.05, 4.69) is 15.2 Å². The molecule has 4 nitrogen and oxygen atoms in total. The first-order valence-electron chi connectivity index (χ1n) is 6.03. The van der Waals surface area contributed by atoms with Crippen molar-refractivity contribution in [3.8, 4) is 11.4 Å². The highest BCUT2D eigenvalue weighted by atomic mass is 15.2. The molecule has 1 aliphatic carbocycles. The summed E-state index contributed by atoms with van der Waals surface area (Å²) in [4.78, 5) is 4.56. The van der Waals surface area contributed by atoms with Crippen LogP contribution in [-0.4, -0.2) is 15.2 Å². The van der Waals surface area contributed by atoms with Crippen molar-refractivity contribution in [2.24, 2.45) is 0 Å². The van der Waals surface area contributed by atoms with Crippen LogP contribution in [-0.2, 0) is 0 Å². The molecule has 0 aliphatic heterocycles. The quantitative estimate of drug-likeness (QED) is 0.776. The number of para-hydroxylation sites is 1. The summed E-state index contributed by atoms with van der Waals surface area (Å²) in [5.41, 5.74) is 8.81. The fraction of sp³-hybridized carbons (Fsp3) is 0.385. The van der Waals surface area contributed by atoms with Crippen LogP contribution in [0.3, 0.4) is 0 Å². The van der Waals surface area contributed by atoms with Crippen LogP contribution in [0.25, 0.3) is 11.4 Å². The van der Waals surface area contributed by atoms with Crippen molar-refractivity contribution in [1.29, 1.82) is 0 Å². The number of aryl methyl sites for hydroxylation is 1. The van der Waals surface area contributed by atoms with Gasteiger partial charge in [0.2, 0.25) is 0 Å². The summed E-state index contributed by atoms with van der Waals surface area (Å²) in [5.74, 6) is 2.29. The summed E-state index contributed by atoms with van der Waals surface area (Å²) >= 11 is 0. The largest absolute Gasteiger partial charge is 0.398 e. The fourth-order valence-corrected chi connectivity index (χ4v) is 2.13. The van der Waals surface area contributed by atoms with Crippen LogP contribution in [0, 0.1) is 6.92 Å². The minimum atomic E-state index is 0.572. The second-order valence-electron chi connectivity index (χ2n) is 4.71. The van der Waals surface area contributed by atoms with E-state index in [-0.39, 0.29) is 0 Å². The molecule has 1 fully saturated rings. The van der Waals surface area contributed by atoms with Gasteiger partial charge in [-0.05, 0) is 31.4 Å². The standard InChI is InChI=1S/C13H16N4/c1-8-4-2-7-10(11(8)14)13-15-12(16-17-13)9-5-3-6-9/h2,4,7,9H,3,5-6,14H2,1H3,(H,15,16,17). The SMILES string of the molecule is Cc1cccc(-c2n[nH]c(C3CCC3)n2)c1N. The maximum Gasteiger partial charge on any atom is 0.183 e. The van der Waals surface area contributed by atoms with Crippen LogP contribution in [0.1, 0.15) is 36.6 Å². The van der Waals surface area contributed by atoms with Gasteiger partial charge in [0.25, 0.3) is 0 Å². The Morgan fingerprint density at radius 2 is 2.18 bits per heavy atom. The Bertz CT molecular complexity index is 540. The Kier molecular flexibility index (Phi) is 2.35. The molecule has 1 aliphatic rings. The minimum absolute atomic E-state index is 0.572. The molecule has 17 heavy (non-hydrogen) atoms. The number of rotatable bonds is 2. The molecule has 4 heteroatoms. The lowest BCUT2D eigenvalue weighted by molar-refractivity contribution is 0.402.